The molecule has 2 N–H and O–H groups in total. The number of aliphatic hydroxyl groups excluding tert-OH is 1. The van der Waals surface area contributed by atoms with Crippen LogP contribution in [0.2, 0.25) is 0 Å². The maximum absolute atomic E-state index is 12.3. The van der Waals surface area contributed by atoms with Crippen LogP contribution in [0.3, 0.4) is 0 Å². The number of sulfonamides is 1. The normalized spacial score (nSPS) is 13.2. The zero-order chi connectivity index (χ0) is 15.3. The molecule has 0 aromatic heterocycles. The summed E-state index contributed by atoms with van der Waals surface area (Å²) < 4.78 is 27.0. The molecule has 0 heterocycles. The van der Waals surface area contributed by atoms with Crippen LogP contribution in [0.15, 0.2) is 23.1 Å². The van der Waals surface area contributed by atoms with Gasteiger partial charge in [0, 0.05) is 24.8 Å². The monoisotopic (exact) mass is 302 g/mol. The van der Waals surface area contributed by atoms with Crippen molar-refractivity contribution in [3.05, 3.63) is 33.9 Å². The Kier molecular flexibility index (Phi) is 5.61. The third-order valence-corrected chi connectivity index (χ3v) is 4.63. The van der Waals surface area contributed by atoms with Gasteiger partial charge in [-0.2, -0.15) is 0 Å². The van der Waals surface area contributed by atoms with E-state index in [1.165, 1.54) is 12.1 Å². The van der Waals surface area contributed by atoms with Crippen molar-refractivity contribution in [2.45, 2.75) is 37.6 Å². The summed E-state index contributed by atoms with van der Waals surface area (Å²) in [5, 5.41) is 19.6. The van der Waals surface area contributed by atoms with Crippen molar-refractivity contribution < 1.29 is 18.4 Å². The molecular weight excluding hydrogens is 284 g/mol. The van der Waals surface area contributed by atoms with Gasteiger partial charge in [-0.3, -0.25) is 10.1 Å². The maximum atomic E-state index is 12.3. The number of nitro benzene ring substituents is 1. The highest BCUT2D eigenvalue weighted by atomic mass is 32.2. The van der Waals surface area contributed by atoms with Crippen molar-refractivity contribution in [3.8, 4) is 0 Å². The first-order chi connectivity index (χ1) is 9.31. The number of hydrogen-bond acceptors (Lipinski definition) is 5. The minimum Gasteiger partial charge on any atom is -0.396 e. The molecule has 0 aliphatic heterocycles. The summed E-state index contributed by atoms with van der Waals surface area (Å²) in [6, 6.07) is 3.31. The molecule has 1 aromatic rings. The smallest absolute Gasteiger partial charge is 0.270 e. The van der Waals surface area contributed by atoms with Crippen LogP contribution >= 0.6 is 0 Å². The topological polar surface area (TPSA) is 110 Å². The number of hydrogen-bond donors (Lipinski definition) is 2. The molecular formula is C12H18N2O5S. The Morgan fingerprint density at radius 3 is 2.60 bits per heavy atom. The Labute approximate surface area is 117 Å². The zero-order valence-electron chi connectivity index (χ0n) is 11.4. The quantitative estimate of drug-likeness (QED) is 0.583. The number of aryl methyl sites for hydroxylation is 1. The van der Waals surface area contributed by atoms with Gasteiger partial charge in [-0.15, -0.1) is 0 Å². The highest BCUT2D eigenvalue weighted by Crippen LogP contribution is 2.22. The molecule has 0 saturated heterocycles. The second-order valence-corrected chi connectivity index (χ2v) is 6.13. The summed E-state index contributed by atoms with van der Waals surface area (Å²) in [4.78, 5) is 9.99. The van der Waals surface area contributed by atoms with E-state index in [-0.39, 0.29) is 17.2 Å². The van der Waals surface area contributed by atoms with Crippen molar-refractivity contribution in [2.24, 2.45) is 0 Å². The number of nitrogens with one attached hydrogen (secondary N) is 1. The number of non-ortho nitro benzene ring substituents is 1. The average Bonchev–Trinajstić information content (AvgIpc) is 2.37. The number of rotatable bonds is 7. The number of benzene rings is 1. The maximum Gasteiger partial charge on any atom is 0.270 e. The van der Waals surface area contributed by atoms with Crippen LogP contribution in [0.1, 0.15) is 25.3 Å². The van der Waals surface area contributed by atoms with Gasteiger partial charge in [0.05, 0.1) is 9.82 Å². The molecule has 0 radical (unpaired) electrons. The van der Waals surface area contributed by atoms with Gasteiger partial charge >= 0.3 is 0 Å². The molecule has 0 aliphatic carbocycles. The van der Waals surface area contributed by atoms with Gasteiger partial charge in [-0.25, -0.2) is 13.1 Å². The molecule has 112 valence electrons. The minimum atomic E-state index is -3.85. The third kappa shape index (κ3) is 3.99. The first-order valence-corrected chi connectivity index (χ1v) is 7.68. The van der Waals surface area contributed by atoms with E-state index in [2.05, 4.69) is 4.72 Å². The van der Waals surface area contributed by atoms with Crippen molar-refractivity contribution in [1.82, 2.24) is 4.72 Å². The minimum absolute atomic E-state index is 0.108. The first-order valence-electron chi connectivity index (χ1n) is 6.20. The van der Waals surface area contributed by atoms with E-state index in [0.29, 0.717) is 18.4 Å². The summed E-state index contributed by atoms with van der Waals surface area (Å²) >= 11 is 0. The lowest BCUT2D eigenvalue weighted by Crippen LogP contribution is -2.35. The molecule has 0 amide bonds. The predicted octanol–water partition coefficient (Wildman–Crippen LogP) is 1.34. The van der Waals surface area contributed by atoms with Crippen molar-refractivity contribution >= 4 is 15.7 Å². The van der Waals surface area contributed by atoms with E-state index >= 15 is 0 Å². The van der Waals surface area contributed by atoms with Crippen molar-refractivity contribution in [1.29, 1.82) is 0 Å². The molecule has 0 spiro atoms. The molecule has 1 unspecified atom stereocenters. The SMILES string of the molecule is CCC(CCO)NS(=O)(=O)c1cc([N+](=O)[O-])ccc1C. The van der Waals surface area contributed by atoms with Gasteiger partial charge in [-0.05, 0) is 25.3 Å². The van der Waals surface area contributed by atoms with Crippen LogP contribution in [-0.2, 0) is 10.0 Å². The fourth-order valence-electron chi connectivity index (χ4n) is 1.78. The van der Waals surface area contributed by atoms with Gasteiger partial charge in [0.25, 0.3) is 5.69 Å². The van der Waals surface area contributed by atoms with Crippen LogP contribution in [-0.4, -0.2) is 31.1 Å². The van der Waals surface area contributed by atoms with Crippen LogP contribution in [0.5, 0.6) is 0 Å². The molecule has 1 rings (SSSR count). The van der Waals surface area contributed by atoms with Gasteiger partial charge < -0.3 is 5.11 Å². The molecule has 1 atom stereocenters. The Morgan fingerprint density at radius 2 is 2.10 bits per heavy atom. The molecule has 0 fully saturated rings. The zero-order valence-corrected chi connectivity index (χ0v) is 12.2. The van der Waals surface area contributed by atoms with Crippen molar-refractivity contribution in [3.63, 3.8) is 0 Å². The average molecular weight is 302 g/mol. The Hall–Kier alpha value is -1.51. The summed E-state index contributed by atoms with van der Waals surface area (Å²) in [7, 11) is -3.85. The number of aliphatic hydroxyl groups is 1. The molecule has 1 aromatic carbocycles. The van der Waals surface area contributed by atoms with Crippen LogP contribution < -0.4 is 4.72 Å². The van der Waals surface area contributed by atoms with Gasteiger partial charge in [0.1, 0.15) is 0 Å². The second kappa shape index (κ2) is 6.78. The largest absolute Gasteiger partial charge is 0.396 e. The lowest BCUT2D eigenvalue weighted by molar-refractivity contribution is -0.385. The number of nitrogens with zero attached hydrogens (tertiary/aromatic N) is 1. The molecule has 7 nitrogen and oxygen atoms in total. The highest BCUT2D eigenvalue weighted by molar-refractivity contribution is 7.89. The lowest BCUT2D eigenvalue weighted by Gasteiger charge is -2.16. The summed E-state index contributed by atoms with van der Waals surface area (Å²) in [6.07, 6.45) is 0.817. The lowest BCUT2D eigenvalue weighted by atomic mass is 10.2. The van der Waals surface area contributed by atoms with Gasteiger partial charge in [-0.1, -0.05) is 13.0 Å². The molecule has 20 heavy (non-hydrogen) atoms. The van der Waals surface area contributed by atoms with E-state index < -0.39 is 21.0 Å². The van der Waals surface area contributed by atoms with E-state index in [4.69, 9.17) is 5.11 Å². The Morgan fingerprint density at radius 1 is 1.45 bits per heavy atom. The standard InChI is InChI=1S/C12H18N2O5S/c1-3-10(6-7-15)13-20(18,19)12-8-11(14(16)17)5-4-9(12)2/h4-5,8,10,13,15H,3,6-7H2,1-2H3. The molecule has 8 heteroatoms. The summed E-state index contributed by atoms with van der Waals surface area (Å²) in [6.45, 7) is 3.24. The molecule has 0 aliphatic rings. The van der Waals surface area contributed by atoms with Gasteiger partial charge in [0.2, 0.25) is 10.0 Å². The fourth-order valence-corrected chi connectivity index (χ4v) is 3.40. The van der Waals surface area contributed by atoms with E-state index in [1.54, 1.807) is 13.8 Å². The Balaban J connectivity index is 3.14. The van der Waals surface area contributed by atoms with E-state index in [9.17, 15) is 18.5 Å². The first kappa shape index (κ1) is 16.5. The second-order valence-electron chi connectivity index (χ2n) is 4.45. The van der Waals surface area contributed by atoms with Crippen LogP contribution in [0.4, 0.5) is 5.69 Å². The van der Waals surface area contributed by atoms with Gasteiger partial charge in [0.15, 0.2) is 0 Å². The van der Waals surface area contributed by atoms with E-state index in [1.807, 2.05) is 0 Å². The number of nitro groups is 1. The third-order valence-electron chi connectivity index (χ3n) is 2.96. The Bertz CT molecular complexity index is 586. The van der Waals surface area contributed by atoms with Crippen molar-refractivity contribution in [2.75, 3.05) is 6.61 Å². The molecule has 0 saturated carbocycles. The highest BCUT2D eigenvalue weighted by Gasteiger charge is 2.23. The summed E-state index contributed by atoms with van der Waals surface area (Å²) in [5.41, 5.74) is 0.160. The summed E-state index contributed by atoms with van der Waals surface area (Å²) in [5.74, 6) is 0. The van der Waals surface area contributed by atoms with E-state index in [0.717, 1.165) is 6.07 Å². The van der Waals surface area contributed by atoms with Crippen LogP contribution in [0.25, 0.3) is 0 Å². The van der Waals surface area contributed by atoms with Crippen LogP contribution in [0, 0.1) is 17.0 Å². The molecule has 0 bridgehead atoms. The fraction of sp³-hybridized carbons (Fsp3) is 0.500. The predicted molar refractivity (Wildman–Crippen MR) is 73.9 cm³/mol.